The van der Waals surface area contributed by atoms with Crippen LogP contribution in [0.5, 0.6) is 0 Å². The van der Waals surface area contributed by atoms with Crippen LogP contribution in [0.2, 0.25) is 15.1 Å². The van der Waals surface area contributed by atoms with Gasteiger partial charge in [-0.1, -0.05) is 46.9 Å². The lowest BCUT2D eigenvalue weighted by Gasteiger charge is -2.14. The molecule has 0 spiro atoms. The Hall–Kier alpha value is -3.61. The molecule has 43 heavy (non-hydrogen) atoms. The van der Waals surface area contributed by atoms with E-state index in [1.165, 1.54) is 41.1 Å². The average Bonchev–Trinajstić information content (AvgIpc) is 3.23. The van der Waals surface area contributed by atoms with E-state index in [1.807, 2.05) is 0 Å². The molecule has 3 aromatic carbocycles. The molecule has 0 radical (unpaired) electrons. The van der Waals surface area contributed by atoms with Crippen molar-refractivity contribution in [2.45, 2.75) is 17.2 Å². The fraction of sp³-hybridized carbons (Fsp3) is 0.103. The lowest BCUT2D eigenvalue weighted by molar-refractivity contribution is 0.0974. The van der Waals surface area contributed by atoms with E-state index in [2.05, 4.69) is 9.71 Å². The van der Waals surface area contributed by atoms with Crippen LogP contribution in [0.4, 0.5) is 0 Å². The Bertz CT molecular complexity index is 2190. The minimum absolute atomic E-state index is 0.0189. The first-order chi connectivity index (χ1) is 20.2. The normalized spacial score (nSPS) is 12.0. The van der Waals surface area contributed by atoms with Gasteiger partial charge in [0, 0.05) is 56.1 Å². The number of nitrogens with one attached hydrogen (secondary N) is 2. The predicted molar refractivity (Wildman–Crippen MR) is 168 cm³/mol. The van der Waals surface area contributed by atoms with Crippen LogP contribution in [0.25, 0.3) is 22.0 Å². The van der Waals surface area contributed by atoms with Crippen molar-refractivity contribution in [3.63, 3.8) is 0 Å². The van der Waals surface area contributed by atoms with E-state index in [4.69, 9.17) is 34.8 Å². The minimum atomic E-state index is -4.51. The third-order valence-corrected chi connectivity index (χ3v) is 9.55. The standard InChI is InChI=1S/C29H22Cl3N3O6S2/c1-42(38,39)16-17-4-2-5-21(12-17)43(40,41)34-29(37)27-26(22-6-3-11-33-28(22)36)23-14-20(31)8-10-25(23)35(27)15-18-13-19(30)7-9-24(18)32/h2-14H,15-16H2,1H3,(H,33,36)(H,34,37). The van der Waals surface area contributed by atoms with Crippen molar-refractivity contribution in [3.8, 4) is 11.1 Å². The van der Waals surface area contributed by atoms with Gasteiger partial charge < -0.3 is 9.55 Å². The fourth-order valence-corrected chi connectivity index (χ4v) is 7.14. The molecule has 0 bridgehead atoms. The van der Waals surface area contributed by atoms with E-state index in [9.17, 15) is 26.4 Å². The molecule has 0 atom stereocenters. The highest BCUT2D eigenvalue weighted by molar-refractivity contribution is 7.90. The third-order valence-electron chi connectivity index (χ3n) is 6.53. The molecule has 5 aromatic rings. The summed E-state index contributed by atoms with van der Waals surface area (Å²) in [5.41, 5.74) is 0.804. The number of hydrogen-bond donors (Lipinski definition) is 2. The number of nitrogens with zero attached hydrogens (tertiary/aromatic N) is 1. The van der Waals surface area contributed by atoms with E-state index in [1.54, 1.807) is 42.5 Å². The van der Waals surface area contributed by atoms with Gasteiger partial charge in [0.15, 0.2) is 9.84 Å². The highest BCUT2D eigenvalue weighted by Gasteiger charge is 2.29. The molecule has 2 aromatic heterocycles. The zero-order valence-electron chi connectivity index (χ0n) is 22.3. The Balaban J connectivity index is 1.72. The summed E-state index contributed by atoms with van der Waals surface area (Å²) < 4.78 is 54.1. The SMILES string of the molecule is CS(=O)(=O)Cc1cccc(S(=O)(=O)NC(=O)c2c(-c3ccc[nH]c3=O)c3cc(Cl)ccc3n2Cc2cc(Cl)ccc2Cl)c1. The fourth-order valence-electron chi connectivity index (χ4n) is 4.79. The van der Waals surface area contributed by atoms with Gasteiger partial charge in [-0.25, -0.2) is 21.6 Å². The average molecular weight is 679 g/mol. The highest BCUT2D eigenvalue weighted by atomic mass is 35.5. The topological polar surface area (TPSA) is 135 Å². The van der Waals surface area contributed by atoms with Crippen molar-refractivity contribution in [2.75, 3.05) is 6.26 Å². The van der Waals surface area contributed by atoms with Crippen molar-refractivity contribution in [3.05, 3.63) is 121 Å². The number of carbonyl (C=O) groups excluding carboxylic acids is 1. The van der Waals surface area contributed by atoms with Crippen LogP contribution in [-0.2, 0) is 32.2 Å². The van der Waals surface area contributed by atoms with E-state index in [0.717, 1.165) is 6.26 Å². The third kappa shape index (κ3) is 6.66. The lowest BCUT2D eigenvalue weighted by Crippen LogP contribution is -2.33. The Morgan fingerprint density at radius 3 is 2.35 bits per heavy atom. The van der Waals surface area contributed by atoms with Gasteiger partial charge in [-0.3, -0.25) is 9.59 Å². The maximum atomic E-state index is 14.1. The van der Waals surface area contributed by atoms with E-state index in [0.29, 0.717) is 31.5 Å². The number of amides is 1. The van der Waals surface area contributed by atoms with Crippen molar-refractivity contribution in [1.29, 1.82) is 0 Å². The molecule has 0 aliphatic carbocycles. The molecule has 0 saturated carbocycles. The zero-order valence-corrected chi connectivity index (χ0v) is 26.2. The van der Waals surface area contributed by atoms with Crippen LogP contribution in [0.3, 0.4) is 0 Å². The summed E-state index contributed by atoms with van der Waals surface area (Å²) in [5.74, 6) is -1.43. The quantitative estimate of drug-likeness (QED) is 0.217. The van der Waals surface area contributed by atoms with Crippen LogP contribution in [0.1, 0.15) is 21.6 Å². The van der Waals surface area contributed by atoms with Gasteiger partial charge >= 0.3 is 0 Å². The summed E-state index contributed by atoms with van der Waals surface area (Å²) in [6.45, 7) is -0.0189. The largest absolute Gasteiger partial charge is 0.331 e. The predicted octanol–water partition coefficient (Wildman–Crippen LogP) is 5.67. The first-order valence-corrected chi connectivity index (χ1v) is 17.2. The molecule has 2 heterocycles. The van der Waals surface area contributed by atoms with Crippen LogP contribution in [0, 0.1) is 0 Å². The summed E-state index contributed by atoms with van der Waals surface area (Å²) >= 11 is 19.0. The Morgan fingerprint density at radius 2 is 1.63 bits per heavy atom. The molecular weight excluding hydrogens is 657 g/mol. The van der Waals surface area contributed by atoms with Gasteiger partial charge in [0.05, 0.1) is 10.6 Å². The number of sulfonamides is 1. The van der Waals surface area contributed by atoms with E-state index >= 15 is 0 Å². The van der Waals surface area contributed by atoms with E-state index in [-0.39, 0.29) is 39.6 Å². The number of fused-ring (bicyclic) bond motifs is 1. The molecule has 0 unspecified atom stereocenters. The maximum absolute atomic E-state index is 14.1. The van der Waals surface area contributed by atoms with Gasteiger partial charge in [-0.05, 0) is 71.8 Å². The molecule has 14 heteroatoms. The second kappa shape index (κ2) is 11.8. The second-order valence-corrected chi connectivity index (χ2v) is 14.9. The van der Waals surface area contributed by atoms with Crippen molar-refractivity contribution in [2.24, 2.45) is 0 Å². The molecule has 0 saturated heterocycles. The zero-order chi connectivity index (χ0) is 31.1. The number of aromatic amines is 1. The first kappa shape index (κ1) is 30.8. The molecule has 0 aliphatic rings. The molecule has 9 nitrogen and oxygen atoms in total. The van der Waals surface area contributed by atoms with Gasteiger partial charge in [0.2, 0.25) is 0 Å². The summed E-state index contributed by atoms with van der Waals surface area (Å²) in [5, 5.41) is 1.48. The monoisotopic (exact) mass is 677 g/mol. The molecule has 222 valence electrons. The van der Waals surface area contributed by atoms with Crippen molar-refractivity contribution < 1.29 is 21.6 Å². The summed E-state index contributed by atoms with van der Waals surface area (Å²) in [7, 11) is -7.97. The number of carbonyl (C=O) groups is 1. The molecular formula is C29H22Cl3N3O6S2. The number of halogens is 3. The molecule has 5 rings (SSSR count). The number of H-pyrrole nitrogens is 1. The Labute approximate surface area is 262 Å². The number of sulfone groups is 1. The summed E-state index contributed by atoms with van der Waals surface area (Å²) in [6, 6.07) is 18.0. The van der Waals surface area contributed by atoms with Gasteiger partial charge in [0.25, 0.3) is 21.5 Å². The van der Waals surface area contributed by atoms with Gasteiger partial charge in [-0.2, -0.15) is 0 Å². The maximum Gasteiger partial charge on any atom is 0.282 e. The molecule has 1 amide bonds. The van der Waals surface area contributed by atoms with Crippen LogP contribution in [0.15, 0.2) is 88.7 Å². The summed E-state index contributed by atoms with van der Waals surface area (Å²) in [6.07, 6.45) is 2.46. The minimum Gasteiger partial charge on any atom is -0.331 e. The van der Waals surface area contributed by atoms with Crippen LogP contribution < -0.4 is 10.3 Å². The van der Waals surface area contributed by atoms with Crippen LogP contribution >= 0.6 is 34.8 Å². The van der Waals surface area contributed by atoms with Gasteiger partial charge in [-0.15, -0.1) is 0 Å². The van der Waals surface area contributed by atoms with Gasteiger partial charge in [0.1, 0.15) is 5.69 Å². The molecule has 0 fully saturated rings. The number of aromatic nitrogens is 2. The van der Waals surface area contributed by atoms with E-state index < -0.39 is 31.3 Å². The Kier molecular flexibility index (Phi) is 8.47. The first-order valence-electron chi connectivity index (χ1n) is 12.5. The number of pyridine rings is 1. The van der Waals surface area contributed by atoms with Crippen molar-refractivity contribution in [1.82, 2.24) is 14.3 Å². The number of benzene rings is 3. The molecule has 2 N–H and O–H groups in total. The highest BCUT2D eigenvalue weighted by Crippen LogP contribution is 2.37. The van der Waals surface area contributed by atoms with Crippen LogP contribution in [-0.4, -0.2) is 38.5 Å². The number of hydrogen-bond acceptors (Lipinski definition) is 6. The Morgan fingerprint density at radius 1 is 0.907 bits per heavy atom. The smallest absolute Gasteiger partial charge is 0.282 e. The van der Waals surface area contributed by atoms with Crippen molar-refractivity contribution >= 4 is 71.5 Å². The second-order valence-electron chi connectivity index (χ2n) is 9.77. The summed E-state index contributed by atoms with van der Waals surface area (Å²) in [4.78, 5) is 29.3. The lowest BCUT2D eigenvalue weighted by atomic mass is 10.0. The number of rotatable bonds is 8. The molecule has 0 aliphatic heterocycles.